The number of hydrogen-bond donors (Lipinski definition) is 5. The van der Waals surface area contributed by atoms with Crippen molar-refractivity contribution in [3.05, 3.63) is 46.3 Å². The number of ether oxygens (including phenoxy) is 3. The fourth-order valence-electron chi connectivity index (χ4n) is 7.72. The monoisotopic (exact) mass is 518 g/mol. The first-order chi connectivity index (χ1) is 17.7. The summed E-state index contributed by atoms with van der Waals surface area (Å²) in [7, 11) is 1.35. The molecule has 11 unspecified atom stereocenters. The van der Waals surface area contributed by atoms with Gasteiger partial charge in [-0.05, 0) is 18.6 Å². The number of aliphatic hydroxyl groups excluding tert-OH is 4. The van der Waals surface area contributed by atoms with E-state index in [9.17, 15) is 30.4 Å². The molecule has 1 aromatic rings. The maximum absolute atomic E-state index is 14.4. The lowest BCUT2D eigenvalue weighted by Crippen LogP contribution is -2.65. The van der Waals surface area contributed by atoms with Crippen molar-refractivity contribution in [3.63, 3.8) is 0 Å². The van der Waals surface area contributed by atoms with Crippen molar-refractivity contribution in [1.29, 1.82) is 0 Å². The zero-order valence-electron chi connectivity index (χ0n) is 20.8. The van der Waals surface area contributed by atoms with Gasteiger partial charge in [-0.25, -0.2) is 4.79 Å². The Bertz CT molecular complexity index is 1130. The SMILES string of the molecule is COC(=O)C1=C2Nc3ccccc3C23CC[N+]2([O-])CC(C(C)OC4OC(CO)C(O)C(O)C4O)C1CC32. The summed E-state index contributed by atoms with van der Waals surface area (Å²) in [5, 5.41) is 58.2. The molecule has 1 aliphatic carbocycles. The van der Waals surface area contributed by atoms with Gasteiger partial charge in [0.15, 0.2) is 6.29 Å². The number of rotatable bonds is 5. The average Bonchev–Trinajstić information content (AvgIpc) is 3.41. The number of fused-ring (bicyclic) bond motifs is 2. The highest BCUT2D eigenvalue weighted by Crippen LogP contribution is 2.63. The maximum atomic E-state index is 14.4. The van der Waals surface area contributed by atoms with Crippen LogP contribution < -0.4 is 5.32 Å². The van der Waals surface area contributed by atoms with Crippen LogP contribution in [0.4, 0.5) is 5.69 Å². The number of anilines is 1. The summed E-state index contributed by atoms with van der Waals surface area (Å²) in [6.45, 7) is 1.80. The van der Waals surface area contributed by atoms with Crippen molar-refractivity contribution >= 4 is 11.7 Å². The topological polar surface area (TPSA) is 161 Å². The molecule has 4 heterocycles. The van der Waals surface area contributed by atoms with Crippen LogP contribution in [0.15, 0.2) is 35.5 Å². The lowest BCUT2D eigenvalue weighted by atomic mass is 9.60. The van der Waals surface area contributed by atoms with Crippen LogP contribution in [0.3, 0.4) is 0 Å². The minimum Gasteiger partial charge on any atom is -0.633 e. The van der Waals surface area contributed by atoms with Gasteiger partial charge in [0.2, 0.25) is 0 Å². The van der Waals surface area contributed by atoms with E-state index in [0.29, 0.717) is 25.0 Å². The minimum absolute atomic E-state index is 0.214. The van der Waals surface area contributed by atoms with E-state index in [2.05, 4.69) is 5.32 Å². The molecule has 11 nitrogen and oxygen atoms in total. The van der Waals surface area contributed by atoms with Gasteiger partial charge in [0, 0.05) is 36.1 Å². The number of esters is 1. The molecule has 2 bridgehead atoms. The van der Waals surface area contributed by atoms with E-state index >= 15 is 0 Å². The fourth-order valence-corrected chi connectivity index (χ4v) is 7.72. The number of hydrogen-bond acceptors (Lipinski definition) is 10. The summed E-state index contributed by atoms with van der Waals surface area (Å²) in [5.41, 5.74) is 2.67. The van der Waals surface area contributed by atoms with Gasteiger partial charge in [-0.1, -0.05) is 18.2 Å². The van der Waals surface area contributed by atoms with E-state index in [1.807, 2.05) is 24.3 Å². The summed E-state index contributed by atoms with van der Waals surface area (Å²) in [5.74, 6) is -1.19. The Kier molecular flexibility index (Phi) is 5.94. The van der Waals surface area contributed by atoms with Gasteiger partial charge in [0.05, 0.1) is 43.9 Å². The lowest BCUT2D eigenvalue weighted by Gasteiger charge is -2.58. The van der Waals surface area contributed by atoms with Gasteiger partial charge in [0.1, 0.15) is 30.5 Å². The number of hydroxylamine groups is 3. The predicted octanol–water partition coefficient (Wildman–Crippen LogP) is -0.281. The number of benzene rings is 1. The van der Waals surface area contributed by atoms with Crippen molar-refractivity contribution in [2.24, 2.45) is 11.8 Å². The Hall–Kier alpha value is -2.09. The third kappa shape index (κ3) is 3.39. The molecular weight excluding hydrogens is 484 g/mol. The summed E-state index contributed by atoms with van der Waals surface area (Å²) in [6.07, 6.45) is -6.61. The number of aliphatic hydroxyl groups is 4. The highest BCUT2D eigenvalue weighted by atomic mass is 16.7. The number of carbonyl (C=O) groups excluding carboxylic acids is 1. The quantitative estimate of drug-likeness (QED) is 0.199. The number of quaternary nitrogens is 1. The van der Waals surface area contributed by atoms with Crippen molar-refractivity contribution in [2.45, 2.75) is 68.0 Å². The summed E-state index contributed by atoms with van der Waals surface area (Å²) < 4.78 is 16.5. The van der Waals surface area contributed by atoms with Gasteiger partial charge in [-0.15, -0.1) is 0 Å². The van der Waals surface area contributed by atoms with E-state index in [4.69, 9.17) is 14.2 Å². The smallest absolute Gasteiger partial charge is 0.335 e. The van der Waals surface area contributed by atoms with E-state index in [1.54, 1.807) is 6.92 Å². The van der Waals surface area contributed by atoms with Crippen molar-refractivity contribution < 1.29 is 44.1 Å². The zero-order valence-corrected chi connectivity index (χ0v) is 20.8. The summed E-state index contributed by atoms with van der Waals surface area (Å²) in [6, 6.07) is 7.64. The third-order valence-electron chi connectivity index (χ3n) is 9.49. The Morgan fingerprint density at radius 1 is 1.27 bits per heavy atom. The molecule has 37 heavy (non-hydrogen) atoms. The molecule has 0 radical (unpaired) electrons. The molecule has 5 aliphatic rings. The van der Waals surface area contributed by atoms with Gasteiger partial charge >= 0.3 is 5.97 Å². The molecule has 0 saturated carbocycles. The van der Waals surface area contributed by atoms with Crippen molar-refractivity contribution in [1.82, 2.24) is 0 Å². The molecule has 0 amide bonds. The first-order valence-electron chi connectivity index (χ1n) is 12.9. The largest absolute Gasteiger partial charge is 0.633 e. The summed E-state index contributed by atoms with van der Waals surface area (Å²) >= 11 is 0. The molecule has 3 fully saturated rings. The average molecular weight is 519 g/mol. The van der Waals surface area contributed by atoms with Crippen LogP contribution in [0.2, 0.25) is 0 Å². The van der Waals surface area contributed by atoms with Crippen LogP contribution in [-0.4, -0.2) is 101 Å². The molecule has 11 atom stereocenters. The van der Waals surface area contributed by atoms with Crippen LogP contribution in [0.1, 0.15) is 25.3 Å². The Morgan fingerprint density at radius 3 is 2.76 bits per heavy atom. The highest BCUT2D eigenvalue weighted by molar-refractivity contribution is 5.93. The third-order valence-corrected chi connectivity index (χ3v) is 9.49. The maximum Gasteiger partial charge on any atom is 0.335 e. The van der Waals surface area contributed by atoms with Crippen molar-refractivity contribution in [2.75, 3.05) is 32.1 Å². The van der Waals surface area contributed by atoms with Crippen LogP contribution >= 0.6 is 0 Å². The summed E-state index contributed by atoms with van der Waals surface area (Å²) in [4.78, 5) is 13.3. The molecular formula is C26H34N2O9. The number of para-hydroxylation sites is 1. The molecule has 4 aliphatic heterocycles. The Morgan fingerprint density at radius 2 is 2.03 bits per heavy atom. The number of methoxy groups -OCH3 is 1. The van der Waals surface area contributed by atoms with Gasteiger partial charge < -0.3 is 49.8 Å². The second kappa shape index (κ2) is 8.72. The number of carbonyl (C=O) groups is 1. The molecule has 5 N–H and O–H groups in total. The van der Waals surface area contributed by atoms with Crippen molar-refractivity contribution in [3.8, 4) is 0 Å². The molecule has 11 heteroatoms. The molecule has 0 aromatic heterocycles. The standard InChI is InChI=1S/C26H34N2O9/c1-12(36-25-22(32)21(31)20(30)17(11-29)37-25)14-10-28(34)8-7-26-15-5-3-4-6-16(15)27-23(26)19(24(33)35-2)13(14)9-18(26)28/h3-6,12-14,17-18,20-22,25,27,29-32H,7-11H2,1-2H3. The molecule has 202 valence electrons. The van der Waals surface area contributed by atoms with Crippen LogP contribution in [0, 0.1) is 17.0 Å². The van der Waals surface area contributed by atoms with E-state index in [-0.39, 0.29) is 18.5 Å². The van der Waals surface area contributed by atoms with Crippen LogP contribution in [0.5, 0.6) is 0 Å². The van der Waals surface area contributed by atoms with Gasteiger partial charge in [-0.2, -0.15) is 0 Å². The number of piperidine rings is 1. The Labute approximate surface area is 214 Å². The van der Waals surface area contributed by atoms with E-state index in [1.165, 1.54) is 7.11 Å². The zero-order chi connectivity index (χ0) is 26.3. The molecule has 3 saturated heterocycles. The fraction of sp³-hybridized carbons (Fsp3) is 0.654. The lowest BCUT2D eigenvalue weighted by molar-refractivity contribution is -0.905. The van der Waals surface area contributed by atoms with Gasteiger partial charge in [0.25, 0.3) is 0 Å². The van der Waals surface area contributed by atoms with E-state index in [0.717, 1.165) is 16.9 Å². The highest BCUT2D eigenvalue weighted by Gasteiger charge is 2.68. The number of nitrogens with one attached hydrogen (secondary N) is 1. The second-order valence-electron chi connectivity index (χ2n) is 11.1. The number of nitrogens with zero attached hydrogens (tertiary/aromatic N) is 1. The van der Waals surface area contributed by atoms with E-state index < -0.39 is 65.4 Å². The second-order valence-corrected chi connectivity index (χ2v) is 11.1. The normalized spacial score (nSPS) is 44.6. The molecule has 1 spiro atoms. The first kappa shape index (κ1) is 25.2. The first-order valence-corrected chi connectivity index (χ1v) is 12.9. The van der Waals surface area contributed by atoms with Crippen LogP contribution in [0.25, 0.3) is 0 Å². The van der Waals surface area contributed by atoms with Crippen LogP contribution in [-0.2, 0) is 24.4 Å². The van der Waals surface area contributed by atoms with Gasteiger partial charge in [-0.3, -0.25) is 0 Å². The predicted molar refractivity (Wildman–Crippen MR) is 128 cm³/mol. The molecule has 1 aromatic carbocycles. The minimum atomic E-state index is -1.57. The Balaban J connectivity index is 1.38. The molecule has 6 rings (SSSR count).